The summed E-state index contributed by atoms with van der Waals surface area (Å²) in [5, 5.41) is 7.40. The Balaban J connectivity index is 1.92. The predicted octanol–water partition coefficient (Wildman–Crippen LogP) is 1.28. The first kappa shape index (κ1) is 16.0. The van der Waals surface area contributed by atoms with Gasteiger partial charge < -0.3 is 4.90 Å². The first-order chi connectivity index (χ1) is 9.76. The summed E-state index contributed by atoms with van der Waals surface area (Å²) in [5.74, 6) is 0.0845. The molecule has 0 atom stereocenters. The van der Waals surface area contributed by atoms with Crippen LogP contribution in [0.5, 0.6) is 0 Å². The minimum atomic E-state index is -3.25. The van der Waals surface area contributed by atoms with E-state index >= 15 is 0 Å². The van der Waals surface area contributed by atoms with Crippen molar-refractivity contribution in [3.05, 3.63) is 17.5 Å². The summed E-state index contributed by atoms with van der Waals surface area (Å²) in [5.41, 5.74) is 2.18. The molecule has 118 valence electrons. The Morgan fingerprint density at radius 1 is 1.43 bits per heavy atom. The van der Waals surface area contributed by atoms with E-state index in [1.54, 1.807) is 4.90 Å². The number of rotatable bonds is 4. The number of aromatic amines is 1. The van der Waals surface area contributed by atoms with E-state index in [9.17, 15) is 13.2 Å². The van der Waals surface area contributed by atoms with E-state index in [2.05, 4.69) is 30.1 Å². The highest BCUT2D eigenvalue weighted by Gasteiger charge is 2.26. The van der Waals surface area contributed by atoms with Crippen LogP contribution in [0, 0.1) is 0 Å². The van der Waals surface area contributed by atoms with Crippen molar-refractivity contribution >= 4 is 15.7 Å². The topological polar surface area (TPSA) is 83.1 Å². The Morgan fingerprint density at radius 2 is 2.05 bits per heavy atom. The number of hydrogen-bond acceptors (Lipinski definition) is 4. The molecule has 2 heterocycles. The van der Waals surface area contributed by atoms with Crippen molar-refractivity contribution in [1.82, 2.24) is 15.1 Å². The molecule has 0 radical (unpaired) electrons. The van der Waals surface area contributed by atoms with Crippen LogP contribution in [0.1, 0.15) is 49.9 Å². The average molecular weight is 313 g/mol. The Hall–Kier alpha value is -1.37. The second-order valence-electron chi connectivity index (χ2n) is 6.13. The molecule has 0 aliphatic carbocycles. The molecule has 1 aromatic rings. The third kappa shape index (κ3) is 4.30. The number of piperidine rings is 1. The van der Waals surface area contributed by atoms with Crippen molar-refractivity contribution in [2.75, 3.05) is 25.1 Å². The zero-order chi connectivity index (χ0) is 15.6. The Bertz CT molecular complexity index is 599. The molecule has 1 saturated heterocycles. The number of aromatic nitrogens is 2. The van der Waals surface area contributed by atoms with E-state index in [0.29, 0.717) is 24.9 Å². The SMILES string of the molecule is CC(C)c1cc(C2CCN(C(=O)CS(C)(=O)=O)CC2)[nH]n1. The lowest BCUT2D eigenvalue weighted by Crippen LogP contribution is -2.40. The molecule has 1 amide bonds. The minimum Gasteiger partial charge on any atom is -0.342 e. The molecule has 1 aromatic heterocycles. The number of H-pyrrole nitrogens is 1. The molecule has 0 aromatic carbocycles. The highest BCUT2D eigenvalue weighted by Crippen LogP contribution is 2.28. The lowest BCUT2D eigenvalue weighted by Gasteiger charge is -2.31. The van der Waals surface area contributed by atoms with Crippen molar-refractivity contribution in [1.29, 1.82) is 0 Å². The van der Waals surface area contributed by atoms with Crippen molar-refractivity contribution in [2.45, 2.75) is 38.5 Å². The quantitative estimate of drug-likeness (QED) is 0.908. The molecule has 1 N–H and O–H groups in total. The average Bonchev–Trinajstić information content (AvgIpc) is 2.86. The van der Waals surface area contributed by atoms with Gasteiger partial charge in [-0.25, -0.2) is 8.42 Å². The molecule has 2 rings (SSSR count). The second kappa shape index (κ2) is 6.17. The molecule has 21 heavy (non-hydrogen) atoms. The van der Waals surface area contributed by atoms with Gasteiger partial charge in [0.25, 0.3) is 0 Å². The largest absolute Gasteiger partial charge is 0.342 e. The van der Waals surface area contributed by atoms with E-state index in [-0.39, 0.29) is 11.7 Å². The number of likely N-dealkylation sites (tertiary alicyclic amines) is 1. The fourth-order valence-corrected chi connectivity index (χ4v) is 3.24. The summed E-state index contributed by atoms with van der Waals surface area (Å²) < 4.78 is 22.4. The maximum atomic E-state index is 11.9. The van der Waals surface area contributed by atoms with Crippen LogP contribution in [0.3, 0.4) is 0 Å². The van der Waals surface area contributed by atoms with E-state index < -0.39 is 9.84 Å². The normalized spacial score (nSPS) is 17.4. The number of carbonyl (C=O) groups is 1. The molecule has 6 nitrogen and oxygen atoms in total. The minimum absolute atomic E-state index is 0.288. The van der Waals surface area contributed by atoms with Crippen LogP contribution in [0.4, 0.5) is 0 Å². The lowest BCUT2D eigenvalue weighted by molar-refractivity contribution is -0.129. The molecular weight excluding hydrogens is 290 g/mol. The summed E-state index contributed by atoms with van der Waals surface area (Å²) >= 11 is 0. The summed E-state index contributed by atoms with van der Waals surface area (Å²) in [6.45, 7) is 5.42. The second-order valence-corrected chi connectivity index (χ2v) is 8.27. The Kier molecular flexibility index (Phi) is 4.70. The first-order valence-corrected chi connectivity index (χ1v) is 9.33. The van der Waals surface area contributed by atoms with Gasteiger partial charge in [0.1, 0.15) is 5.75 Å². The van der Waals surface area contributed by atoms with Gasteiger partial charge in [0.05, 0.1) is 5.69 Å². The fraction of sp³-hybridized carbons (Fsp3) is 0.714. The highest BCUT2D eigenvalue weighted by atomic mass is 32.2. The van der Waals surface area contributed by atoms with Crippen molar-refractivity contribution in [3.8, 4) is 0 Å². The number of carbonyl (C=O) groups excluding carboxylic acids is 1. The van der Waals surface area contributed by atoms with Gasteiger partial charge in [0.2, 0.25) is 5.91 Å². The third-order valence-electron chi connectivity index (χ3n) is 3.88. The maximum Gasteiger partial charge on any atom is 0.237 e. The van der Waals surface area contributed by atoms with Gasteiger partial charge in [-0.1, -0.05) is 13.8 Å². The summed E-state index contributed by atoms with van der Waals surface area (Å²) in [7, 11) is -3.25. The molecule has 1 aliphatic rings. The van der Waals surface area contributed by atoms with E-state index in [1.807, 2.05) is 0 Å². The van der Waals surface area contributed by atoms with Crippen molar-refractivity contribution in [3.63, 3.8) is 0 Å². The van der Waals surface area contributed by atoms with E-state index in [0.717, 1.165) is 30.5 Å². The van der Waals surface area contributed by atoms with Crippen LogP contribution in [0.2, 0.25) is 0 Å². The van der Waals surface area contributed by atoms with Gasteiger partial charge in [-0.3, -0.25) is 9.89 Å². The Labute approximate surface area is 125 Å². The number of nitrogens with zero attached hydrogens (tertiary/aromatic N) is 2. The van der Waals surface area contributed by atoms with Gasteiger partial charge in [-0.2, -0.15) is 5.10 Å². The summed E-state index contributed by atoms with van der Waals surface area (Å²) in [6, 6.07) is 2.10. The van der Waals surface area contributed by atoms with Gasteiger partial charge in [-0.05, 0) is 24.8 Å². The Morgan fingerprint density at radius 3 is 2.52 bits per heavy atom. The molecule has 1 fully saturated rings. The highest BCUT2D eigenvalue weighted by molar-refractivity contribution is 7.91. The fourth-order valence-electron chi connectivity index (χ4n) is 2.61. The van der Waals surface area contributed by atoms with Crippen LogP contribution >= 0.6 is 0 Å². The molecule has 0 unspecified atom stereocenters. The third-order valence-corrected chi connectivity index (χ3v) is 4.65. The molecular formula is C14H23N3O3S. The van der Waals surface area contributed by atoms with Gasteiger partial charge >= 0.3 is 0 Å². The molecule has 1 aliphatic heterocycles. The lowest BCUT2D eigenvalue weighted by atomic mass is 9.93. The molecule has 0 spiro atoms. The van der Waals surface area contributed by atoms with E-state index in [1.165, 1.54) is 0 Å². The zero-order valence-electron chi connectivity index (χ0n) is 12.8. The summed E-state index contributed by atoms with van der Waals surface area (Å²) in [6.07, 6.45) is 2.78. The molecule has 0 bridgehead atoms. The monoisotopic (exact) mass is 313 g/mol. The number of amides is 1. The smallest absolute Gasteiger partial charge is 0.237 e. The zero-order valence-corrected chi connectivity index (χ0v) is 13.6. The van der Waals surface area contributed by atoms with Crippen LogP contribution in [0.25, 0.3) is 0 Å². The van der Waals surface area contributed by atoms with Crippen LogP contribution < -0.4 is 0 Å². The van der Waals surface area contributed by atoms with Crippen LogP contribution in [-0.4, -0.2) is 54.5 Å². The molecule has 0 saturated carbocycles. The number of nitrogens with one attached hydrogen (secondary N) is 1. The van der Waals surface area contributed by atoms with Gasteiger partial charge in [-0.15, -0.1) is 0 Å². The first-order valence-electron chi connectivity index (χ1n) is 7.27. The van der Waals surface area contributed by atoms with Crippen molar-refractivity contribution < 1.29 is 13.2 Å². The standard InChI is InChI=1S/C14H23N3O3S/c1-10(2)12-8-13(16-15-12)11-4-6-17(7-5-11)14(18)9-21(3,19)20/h8,10-11H,4-7,9H2,1-3H3,(H,15,16). The maximum absolute atomic E-state index is 11.9. The van der Waals surface area contributed by atoms with Gasteiger partial charge in [0.15, 0.2) is 9.84 Å². The van der Waals surface area contributed by atoms with E-state index in [4.69, 9.17) is 0 Å². The van der Waals surface area contributed by atoms with Crippen LogP contribution in [-0.2, 0) is 14.6 Å². The predicted molar refractivity (Wildman–Crippen MR) is 80.9 cm³/mol. The van der Waals surface area contributed by atoms with Gasteiger partial charge in [0, 0.05) is 31.0 Å². The summed E-state index contributed by atoms with van der Waals surface area (Å²) in [4.78, 5) is 13.5. The number of sulfone groups is 1. The molecule has 7 heteroatoms. The van der Waals surface area contributed by atoms with Crippen LogP contribution in [0.15, 0.2) is 6.07 Å². The van der Waals surface area contributed by atoms with Crippen molar-refractivity contribution in [2.24, 2.45) is 0 Å². The number of hydrogen-bond donors (Lipinski definition) is 1.